The van der Waals surface area contributed by atoms with Crippen LogP contribution in [0.5, 0.6) is 11.5 Å². The van der Waals surface area contributed by atoms with Gasteiger partial charge in [0, 0.05) is 23.7 Å². The third-order valence-electron chi connectivity index (χ3n) is 5.08. The summed E-state index contributed by atoms with van der Waals surface area (Å²) in [6.45, 7) is 2.36. The number of carboxylic acid groups (broad SMARTS) is 1. The van der Waals surface area contributed by atoms with Crippen molar-refractivity contribution in [1.82, 2.24) is 9.97 Å². The fourth-order valence-corrected chi connectivity index (χ4v) is 4.46. The number of anilines is 1. The number of hydrogen-bond acceptors (Lipinski definition) is 7. The van der Waals surface area contributed by atoms with Crippen LogP contribution in [0.4, 0.5) is 5.69 Å². The maximum Gasteiger partial charge on any atom is 0.336 e. The van der Waals surface area contributed by atoms with Crippen LogP contribution >= 0.6 is 22.9 Å². The van der Waals surface area contributed by atoms with E-state index in [-0.39, 0.29) is 12.4 Å². The average molecular weight is 454 g/mol. The number of rotatable bonds is 5. The minimum atomic E-state index is -1.08. The monoisotopic (exact) mass is 453 g/mol. The molecule has 0 radical (unpaired) electrons. The minimum Gasteiger partial charge on any atom is -0.478 e. The van der Waals surface area contributed by atoms with Gasteiger partial charge in [0.2, 0.25) is 6.79 Å². The van der Waals surface area contributed by atoms with Gasteiger partial charge in [-0.25, -0.2) is 14.8 Å². The number of hydrogen-bond donors (Lipinski definition) is 2. The van der Waals surface area contributed by atoms with E-state index in [0.717, 1.165) is 15.8 Å². The molecule has 3 heterocycles. The van der Waals surface area contributed by atoms with Crippen LogP contribution < -0.4 is 14.8 Å². The van der Waals surface area contributed by atoms with E-state index in [1.54, 1.807) is 19.2 Å². The van der Waals surface area contributed by atoms with Crippen molar-refractivity contribution in [2.45, 2.75) is 13.5 Å². The van der Waals surface area contributed by atoms with E-state index in [4.69, 9.17) is 21.1 Å². The van der Waals surface area contributed by atoms with Gasteiger partial charge in [-0.15, -0.1) is 11.3 Å². The summed E-state index contributed by atoms with van der Waals surface area (Å²) in [5.41, 5.74) is 2.53. The average Bonchev–Trinajstić information content (AvgIpc) is 3.42. The van der Waals surface area contributed by atoms with Crippen molar-refractivity contribution in [1.29, 1.82) is 0 Å². The van der Waals surface area contributed by atoms with Crippen LogP contribution in [0.25, 0.3) is 21.6 Å². The molecule has 31 heavy (non-hydrogen) atoms. The van der Waals surface area contributed by atoms with Crippen LogP contribution in [-0.4, -0.2) is 27.8 Å². The number of aromatic nitrogens is 2. The maximum absolute atomic E-state index is 12.0. The van der Waals surface area contributed by atoms with Gasteiger partial charge in [0.25, 0.3) is 0 Å². The van der Waals surface area contributed by atoms with Gasteiger partial charge in [0.1, 0.15) is 4.83 Å². The lowest BCUT2D eigenvalue weighted by atomic mass is 9.99. The zero-order chi connectivity index (χ0) is 21.5. The molecule has 4 aromatic rings. The Hall–Kier alpha value is -3.36. The van der Waals surface area contributed by atoms with Gasteiger partial charge >= 0.3 is 5.97 Å². The Morgan fingerprint density at radius 2 is 2.10 bits per heavy atom. The number of fused-ring (bicyclic) bond motifs is 2. The second-order valence-electron chi connectivity index (χ2n) is 7.01. The van der Waals surface area contributed by atoms with Gasteiger partial charge in [0.05, 0.1) is 16.3 Å². The predicted octanol–water partition coefficient (Wildman–Crippen LogP) is 5.36. The lowest BCUT2D eigenvalue weighted by Gasteiger charge is -2.16. The molecule has 2 aromatic carbocycles. The summed E-state index contributed by atoms with van der Waals surface area (Å²) >= 11 is 8.01. The van der Waals surface area contributed by atoms with Gasteiger partial charge in [-0.05, 0) is 47.7 Å². The number of carboxylic acids is 1. The summed E-state index contributed by atoms with van der Waals surface area (Å²) in [5, 5.41) is 16.3. The van der Waals surface area contributed by atoms with E-state index in [2.05, 4.69) is 15.3 Å². The minimum absolute atomic E-state index is 0.0922. The van der Waals surface area contributed by atoms with Gasteiger partial charge in [-0.2, -0.15) is 0 Å². The first kappa shape index (κ1) is 19.6. The van der Waals surface area contributed by atoms with E-state index >= 15 is 0 Å². The topological polar surface area (TPSA) is 93.6 Å². The van der Waals surface area contributed by atoms with Crippen molar-refractivity contribution in [2.75, 3.05) is 12.1 Å². The molecule has 0 bridgehead atoms. The molecule has 0 amide bonds. The number of nitrogens with zero attached hydrogens (tertiary/aromatic N) is 2. The second kappa shape index (κ2) is 7.72. The summed E-state index contributed by atoms with van der Waals surface area (Å²) in [5.74, 6) is 0.679. The second-order valence-corrected chi connectivity index (χ2v) is 8.28. The van der Waals surface area contributed by atoms with Crippen LogP contribution in [0, 0.1) is 6.92 Å². The Labute approximate surface area is 186 Å². The molecule has 0 spiro atoms. The lowest BCUT2D eigenvalue weighted by Crippen LogP contribution is -2.08. The summed E-state index contributed by atoms with van der Waals surface area (Å²) in [6, 6.07) is 9.31. The molecule has 0 fully saturated rings. The number of ether oxygens (including phenoxy) is 2. The van der Waals surface area contributed by atoms with Crippen LogP contribution in [0.3, 0.4) is 0 Å². The molecule has 0 unspecified atom stereocenters. The molecular formula is C22H16ClN3O4S. The molecule has 2 aromatic heterocycles. The number of carbonyl (C=O) groups is 1. The van der Waals surface area contributed by atoms with Crippen molar-refractivity contribution in [3.8, 4) is 22.9 Å². The van der Waals surface area contributed by atoms with Gasteiger partial charge in [-0.3, -0.25) is 0 Å². The molecule has 0 aliphatic carbocycles. The standard InChI is InChI=1S/C22H16ClN3O4S/c1-11-18(22(27)28)14(20-25-9-13-4-5-31-21(13)26-20)7-15(19(11)23)24-8-12-2-3-16-17(6-12)30-10-29-16/h2-7,9,24H,8,10H2,1H3,(H,27,28). The van der Waals surface area contributed by atoms with Gasteiger partial charge in [0.15, 0.2) is 17.3 Å². The highest BCUT2D eigenvalue weighted by molar-refractivity contribution is 7.16. The first-order valence-corrected chi connectivity index (χ1v) is 10.7. The Bertz CT molecular complexity index is 1340. The summed E-state index contributed by atoms with van der Waals surface area (Å²) < 4.78 is 10.8. The molecule has 1 aliphatic heterocycles. The number of halogens is 1. The van der Waals surface area contributed by atoms with Crippen molar-refractivity contribution in [2.24, 2.45) is 0 Å². The summed E-state index contributed by atoms with van der Waals surface area (Å²) in [7, 11) is 0. The molecule has 0 saturated heterocycles. The number of nitrogens with one attached hydrogen (secondary N) is 1. The van der Waals surface area contributed by atoms with Crippen LogP contribution in [0.2, 0.25) is 5.02 Å². The lowest BCUT2D eigenvalue weighted by molar-refractivity contribution is 0.0697. The van der Waals surface area contributed by atoms with E-state index < -0.39 is 5.97 Å². The molecule has 0 saturated carbocycles. The highest BCUT2D eigenvalue weighted by atomic mass is 35.5. The number of aromatic carboxylic acids is 1. The molecular weight excluding hydrogens is 438 g/mol. The highest BCUT2D eigenvalue weighted by Gasteiger charge is 2.22. The molecule has 2 N–H and O–H groups in total. The molecule has 1 aliphatic rings. The number of thiophene rings is 1. The van der Waals surface area contributed by atoms with E-state index in [0.29, 0.717) is 45.7 Å². The summed E-state index contributed by atoms with van der Waals surface area (Å²) in [4.78, 5) is 21.8. The quantitative estimate of drug-likeness (QED) is 0.420. The Kier molecular flexibility index (Phi) is 4.88. The van der Waals surface area contributed by atoms with E-state index in [1.807, 2.05) is 29.6 Å². The molecule has 5 rings (SSSR count). The largest absolute Gasteiger partial charge is 0.478 e. The molecule has 9 heteroatoms. The van der Waals surface area contributed by atoms with Crippen LogP contribution in [-0.2, 0) is 6.54 Å². The highest BCUT2D eigenvalue weighted by Crippen LogP contribution is 2.37. The maximum atomic E-state index is 12.0. The van der Waals surface area contributed by atoms with E-state index in [9.17, 15) is 9.90 Å². The first-order valence-electron chi connectivity index (χ1n) is 9.40. The number of benzene rings is 2. The van der Waals surface area contributed by atoms with Crippen LogP contribution in [0.1, 0.15) is 21.5 Å². The Morgan fingerprint density at radius 3 is 2.94 bits per heavy atom. The van der Waals surface area contributed by atoms with Crippen molar-refractivity contribution in [3.63, 3.8) is 0 Å². The van der Waals surface area contributed by atoms with Crippen molar-refractivity contribution >= 4 is 44.8 Å². The summed E-state index contributed by atoms with van der Waals surface area (Å²) in [6.07, 6.45) is 1.70. The van der Waals surface area contributed by atoms with Gasteiger partial charge in [-0.1, -0.05) is 17.7 Å². The van der Waals surface area contributed by atoms with Crippen LogP contribution in [0.15, 0.2) is 41.9 Å². The third kappa shape index (κ3) is 3.54. The first-order chi connectivity index (χ1) is 15.0. The third-order valence-corrected chi connectivity index (χ3v) is 6.39. The SMILES string of the molecule is Cc1c(Cl)c(NCc2ccc3c(c2)OCO3)cc(-c2ncc3ccsc3n2)c1C(=O)O. The smallest absolute Gasteiger partial charge is 0.336 e. The van der Waals surface area contributed by atoms with Gasteiger partial charge < -0.3 is 19.9 Å². The normalized spacial score (nSPS) is 12.3. The molecule has 156 valence electrons. The fraction of sp³-hybridized carbons (Fsp3) is 0.136. The Morgan fingerprint density at radius 1 is 1.26 bits per heavy atom. The zero-order valence-corrected chi connectivity index (χ0v) is 17.9. The van der Waals surface area contributed by atoms with Crippen molar-refractivity contribution in [3.05, 3.63) is 63.6 Å². The molecule has 0 atom stereocenters. The zero-order valence-electron chi connectivity index (χ0n) is 16.3. The van der Waals surface area contributed by atoms with E-state index in [1.165, 1.54) is 11.3 Å². The fourth-order valence-electron chi connectivity index (χ4n) is 3.51. The predicted molar refractivity (Wildman–Crippen MR) is 119 cm³/mol. The van der Waals surface area contributed by atoms with Crippen molar-refractivity contribution < 1.29 is 19.4 Å². The Balaban J connectivity index is 1.54. The molecule has 7 nitrogen and oxygen atoms in total.